The van der Waals surface area contributed by atoms with E-state index in [1.807, 2.05) is 0 Å². The van der Waals surface area contributed by atoms with Gasteiger partial charge in [0.15, 0.2) is 11.8 Å². The summed E-state index contributed by atoms with van der Waals surface area (Å²) < 4.78 is 0. The van der Waals surface area contributed by atoms with Crippen LogP contribution in [-0.2, 0) is 0 Å². The minimum Gasteiger partial charge on any atom is -0.369 e. The van der Waals surface area contributed by atoms with Crippen molar-refractivity contribution >= 4 is 17.5 Å². The van der Waals surface area contributed by atoms with Gasteiger partial charge in [0.25, 0.3) is 5.69 Å². The summed E-state index contributed by atoms with van der Waals surface area (Å²) >= 11 is 0. The molecule has 0 spiro atoms. The number of benzene rings is 1. The first kappa shape index (κ1) is 14.0. The van der Waals surface area contributed by atoms with Crippen molar-refractivity contribution in [1.82, 2.24) is 9.88 Å². The van der Waals surface area contributed by atoms with E-state index in [4.69, 9.17) is 11.5 Å². The van der Waals surface area contributed by atoms with Crippen molar-refractivity contribution in [2.24, 2.45) is 16.5 Å². The molecule has 2 heterocycles. The first-order valence-electron chi connectivity index (χ1n) is 6.56. The number of pyridine rings is 1. The molecule has 2 aromatic rings. The highest BCUT2D eigenvalue weighted by Gasteiger charge is 2.25. The smallest absolute Gasteiger partial charge is 0.278 e. The molecule has 1 aliphatic heterocycles. The Hall–Kier alpha value is -3.00. The van der Waals surface area contributed by atoms with Gasteiger partial charge in [-0.05, 0) is 18.2 Å². The number of nitro benzene ring substituents is 1. The van der Waals surface area contributed by atoms with E-state index >= 15 is 0 Å². The Morgan fingerprint density at radius 1 is 1.27 bits per heavy atom. The second-order valence-corrected chi connectivity index (χ2v) is 4.91. The maximum Gasteiger partial charge on any atom is 0.278 e. The quantitative estimate of drug-likeness (QED) is 0.639. The van der Waals surface area contributed by atoms with E-state index in [9.17, 15) is 10.1 Å². The molecule has 1 aromatic carbocycles. The predicted molar refractivity (Wildman–Crippen MR) is 82.3 cm³/mol. The monoisotopic (exact) mass is 298 g/mol. The van der Waals surface area contributed by atoms with Gasteiger partial charge < -0.3 is 16.4 Å². The van der Waals surface area contributed by atoms with E-state index in [-0.39, 0.29) is 11.6 Å². The topological polar surface area (TPSA) is 124 Å². The third-order valence-electron chi connectivity index (χ3n) is 3.60. The summed E-state index contributed by atoms with van der Waals surface area (Å²) in [6.07, 6.45) is -0.445. The molecule has 0 aliphatic carbocycles. The van der Waals surface area contributed by atoms with Crippen molar-refractivity contribution in [3.63, 3.8) is 0 Å². The van der Waals surface area contributed by atoms with Crippen LogP contribution in [0, 0.1) is 10.1 Å². The number of aliphatic imine (C=N–C) groups is 1. The number of para-hydroxylation sites is 1. The van der Waals surface area contributed by atoms with Gasteiger partial charge in [-0.3, -0.25) is 10.1 Å². The van der Waals surface area contributed by atoms with Crippen molar-refractivity contribution < 1.29 is 4.92 Å². The minimum absolute atomic E-state index is 0.0101. The highest BCUT2D eigenvalue weighted by molar-refractivity contribution is 5.84. The Bertz CT molecular complexity index is 789. The van der Waals surface area contributed by atoms with Crippen LogP contribution in [-0.4, -0.2) is 27.8 Å². The zero-order valence-corrected chi connectivity index (χ0v) is 11.8. The zero-order chi connectivity index (χ0) is 15.9. The fourth-order valence-corrected chi connectivity index (χ4v) is 2.32. The molecule has 0 saturated heterocycles. The van der Waals surface area contributed by atoms with Crippen molar-refractivity contribution in [3.8, 4) is 11.3 Å². The van der Waals surface area contributed by atoms with Crippen LogP contribution >= 0.6 is 0 Å². The van der Waals surface area contributed by atoms with E-state index in [0.717, 1.165) is 5.56 Å². The van der Waals surface area contributed by atoms with Crippen molar-refractivity contribution in [3.05, 3.63) is 52.1 Å². The molecule has 0 radical (unpaired) electrons. The van der Waals surface area contributed by atoms with Gasteiger partial charge in [-0.1, -0.05) is 12.1 Å². The molecular weight excluding hydrogens is 284 g/mol. The molecule has 1 aliphatic rings. The van der Waals surface area contributed by atoms with E-state index < -0.39 is 11.1 Å². The lowest BCUT2D eigenvalue weighted by atomic mass is 10.1. The number of hydrogen-bond acceptors (Lipinski definition) is 7. The maximum atomic E-state index is 11.1. The predicted octanol–water partition coefficient (Wildman–Crippen LogP) is 1.51. The van der Waals surface area contributed by atoms with Gasteiger partial charge in [-0.2, -0.15) is 4.99 Å². The molecule has 0 saturated carbocycles. The van der Waals surface area contributed by atoms with Gasteiger partial charge >= 0.3 is 0 Å². The molecule has 22 heavy (non-hydrogen) atoms. The maximum absolute atomic E-state index is 11.1. The van der Waals surface area contributed by atoms with Gasteiger partial charge in [0, 0.05) is 18.7 Å². The minimum atomic E-state index is -0.445. The van der Waals surface area contributed by atoms with Crippen LogP contribution in [0.1, 0.15) is 11.7 Å². The summed E-state index contributed by atoms with van der Waals surface area (Å²) in [5.41, 5.74) is 13.5. The van der Waals surface area contributed by atoms with Crippen LogP contribution in [0.3, 0.4) is 0 Å². The molecule has 0 fully saturated rings. The highest BCUT2D eigenvalue weighted by Crippen LogP contribution is 2.34. The molecule has 8 heteroatoms. The molecular formula is C14H14N6O2. The standard InChI is InChI=1S/C14H14N6O2/c1-19-12(15)9-6-7-10(17-13(9)18-14(19)16)8-4-2-3-5-11(8)20(21)22/h2-7,12H,15H2,1H3,(H2,16,17,18). The molecule has 1 atom stereocenters. The average Bonchev–Trinajstić information content (AvgIpc) is 2.52. The summed E-state index contributed by atoms with van der Waals surface area (Å²) in [5, 5.41) is 11.1. The number of aromatic nitrogens is 1. The van der Waals surface area contributed by atoms with E-state index in [1.54, 1.807) is 42.3 Å². The number of hydrogen-bond donors (Lipinski definition) is 2. The van der Waals surface area contributed by atoms with E-state index in [1.165, 1.54) is 6.07 Å². The second kappa shape index (κ2) is 5.08. The summed E-state index contributed by atoms with van der Waals surface area (Å²) in [6, 6.07) is 9.89. The lowest BCUT2D eigenvalue weighted by Gasteiger charge is -2.30. The molecule has 0 amide bonds. The third-order valence-corrected chi connectivity index (χ3v) is 3.60. The first-order valence-corrected chi connectivity index (χ1v) is 6.56. The Labute approximate surface area is 126 Å². The van der Waals surface area contributed by atoms with Gasteiger partial charge in [0.2, 0.25) is 0 Å². The number of nitro groups is 1. The van der Waals surface area contributed by atoms with Crippen LogP contribution in [0.2, 0.25) is 0 Å². The molecule has 1 aromatic heterocycles. The Kier molecular flexibility index (Phi) is 3.22. The number of fused-ring (bicyclic) bond motifs is 1. The molecule has 3 rings (SSSR count). The number of nitrogens with two attached hydrogens (primary N) is 2. The van der Waals surface area contributed by atoms with Crippen molar-refractivity contribution in [2.45, 2.75) is 6.17 Å². The molecule has 4 N–H and O–H groups in total. The number of nitrogens with zero attached hydrogens (tertiary/aromatic N) is 4. The molecule has 112 valence electrons. The Morgan fingerprint density at radius 2 is 2.00 bits per heavy atom. The average molecular weight is 298 g/mol. The summed E-state index contributed by atoms with van der Waals surface area (Å²) in [5.74, 6) is 0.644. The normalized spacial score (nSPS) is 16.9. The lowest BCUT2D eigenvalue weighted by Crippen LogP contribution is -2.43. The highest BCUT2D eigenvalue weighted by atomic mass is 16.6. The van der Waals surface area contributed by atoms with E-state index in [0.29, 0.717) is 17.1 Å². The molecule has 0 bridgehead atoms. The number of rotatable bonds is 2. The van der Waals surface area contributed by atoms with E-state index in [2.05, 4.69) is 9.98 Å². The summed E-state index contributed by atoms with van der Waals surface area (Å²) in [7, 11) is 1.74. The molecule has 1 unspecified atom stereocenters. The van der Waals surface area contributed by atoms with Gasteiger partial charge in [-0.25, -0.2) is 4.98 Å². The van der Waals surface area contributed by atoms with Crippen molar-refractivity contribution in [1.29, 1.82) is 0 Å². The van der Waals surface area contributed by atoms with Gasteiger partial charge in [-0.15, -0.1) is 0 Å². The lowest BCUT2D eigenvalue weighted by molar-refractivity contribution is -0.384. The Morgan fingerprint density at radius 3 is 2.73 bits per heavy atom. The van der Waals surface area contributed by atoms with Crippen LogP contribution in [0.4, 0.5) is 11.5 Å². The second-order valence-electron chi connectivity index (χ2n) is 4.91. The third kappa shape index (κ3) is 2.15. The van der Waals surface area contributed by atoms with Gasteiger partial charge in [0.1, 0.15) is 6.17 Å². The SMILES string of the molecule is CN1C(N)=Nc2nc(-c3ccccc3[N+](=O)[O-])ccc2C1N. The van der Waals surface area contributed by atoms with Crippen LogP contribution < -0.4 is 11.5 Å². The fraction of sp³-hybridized carbons (Fsp3) is 0.143. The molecule has 8 nitrogen and oxygen atoms in total. The summed E-state index contributed by atoms with van der Waals surface area (Å²) in [4.78, 5) is 20.9. The van der Waals surface area contributed by atoms with Crippen LogP contribution in [0.5, 0.6) is 0 Å². The zero-order valence-electron chi connectivity index (χ0n) is 11.8. The Balaban J connectivity index is 2.14. The largest absolute Gasteiger partial charge is 0.369 e. The fourth-order valence-electron chi connectivity index (χ4n) is 2.32. The van der Waals surface area contributed by atoms with Crippen LogP contribution in [0.25, 0.3) is 11.3 Å². The van der Waals surface area contributed by atoms with Crippen molar-refractivity contribution in [2.75, 3.05) is 7.05 Å². The van der Waals surface area contributed by atoms with Gasteiger partial charge in [0.05, 0.1) is 16.2 Å². The summed E-state index contributed by atoms with van der Waals surface area (Å²) in [6.45, 7) is 0. The van der Waals surface area contributed by atoms with Crippen LogP contribution in [0.15, 0.2) is 41.4 Å². The first-order chi connectivity index (χ1) is 10.5. The number of guanidine groups is 1.